The Bertz CT molecular complexity index is 758. The summed E-state index contributed by atoms with van der Waals surface area (Å²) in [5, 5.41) is 0. The maximum absolute atomic E-state index is 12.5. The van der Waals surface area contributed by atoms with E-state index in [2.05, 4.69) is 5.43 Å². The molecule has 0 unspecified atom stereocenters. The van der Waals surface area contributed by atoms with Crippen LogP contribution in [0.15, 0.2) is 48.5 Å². The lowest BCUT2D eigenvalue weighted by molar-refractivity contribution is -0.139. The molecule has 23 heavy (non-hydrogen) atoms. The Morgan fingerprint density at radius 3 is 1.91 bits per heavy atom. The topological polar surface area (TPSA) is 111 Å². The molecule has 1 aliphatic heterocycles. The largest absolute Gasteiger partial charge is 0.457 e. The first-order valence-electron chi connectivity index (χ1n) is 6.83. The fourth-order valence-electron chi connectivity index (χ4n) is 2.44. The molecule has 4 N–H and O–H groups in total. The highest BCUT2D eigenvalue weighted by Crippen LogP contribution is 2.43. The van der Waals surface area contributed by atoms with E-state index in [1.54, 1.807) is 48.5 Å². The minimum absolute atomic E-state index is 0.497. The molecule has 0 saturated heterocycles. The minimum atomic E-state index is -1.18. The molecule has 2 aromatic carbocycles. The normalized spacial score (nSPS) is 12.3. The molecule has 116 valence electrons. The third-order valence-electron chi connectivity index (χ3n) is 3.47. The molecule has 0 aliphatic carbocycles. The Kier molecular flexibility index (Phi) is 3.68. The number of fused-ring (bicyclic) bond motifs is 2. The zero-order chi connectivity index (χ0) is 16.4. The smallest absolute Gasteiger partial charge is 0.327 e. The molecule has 0 spiro atoms. The van der Waals surface area contributed by atoms with Crippen LogP contribution in [0.5, 0.6) is 11.5 Å². The average molecular weight is 311 g/mol. The predicted octanol–water partition coefficient (Wildman–Crippen LogP) is 0.557. The molecule has 1 heterocycles. The minimum Gasteiger partial charge on any atom is -0.457 e. The van der Waals surface area contributed by atoms with Crippen molar-refractivity contribution in [1.82, 2.24) is 10.9 Å². The Balaban J connectivity index is 1.93. The lowest BCUT2D eigenvalue weighted by Crippen LogP contribution is -2.48. The second kappa shape index (κ2) is 5.80. The Labute approximate surface area is 131 Å². The highest BCUT2D eigenvalue weighted by atomic mass is 16.5. The van der Waals surface area contributed by atoms with Gasteiger partial charge in [0.2, 0.25) is 0 Å². The fourth-order valence-corrected chi connectivity index (χ4v) is 2.44. The number of nitrogens with two attached hydrogens (primary N) is 1. The van der Waals surface area contributed by atoms with Crippen LogP contribution in [0.2, 0.25) is 0 Å². The van der Waals surface area contributed by atoms with Gasteiger partial charge in [-0.1, -0.05) is 36.4 Å². The summed E-state index contributed by atoms with van der Waals surface area (Å²) in [6, 6.07) is 14.2. The highest BCUT2D eigenvalue weighted by molar-refractivity contribution is 6.34. The number of ether oxygens (including phenoxy) is 1. The van der Waals surface area contributed by atoms with Gasteiger partial charge in [-0.3, -0.25) is 25.2 Å². The van der Waals surface area contributed by atoms with Gasteiger partial charge in [0, 0.05) is 11.1 Å². The number of rotatable bonds is 1. The number of nitrogens with one attached hydrogen (secondary N) is 2. The standard InChI is InChI=1S/C16H13N3O4/c17-14(20)16(22)19-18-15(21)13-9-5-1-3-7-11(9)23-12-8-4-2-6-10(12)13/h1-8,13H,(H2,17,20)(H,18,21)(H,19,22). The first kappa shape index (κ1) is 14.6. The lowest BCUT2D eigenvalue weighted by atomic mass is 9.87. The van der Waals surface area contributed by atoms with E-state index < -0.39 is 23.6 Å². The van der Waals surface area contributed by atoms with Crippen LogP contribution in [-0.4, -0.2) is 17.7 Å². The lowest BCUT2D eigenvalue weighted by Gasteiger charge is -2.27. The van der Waals surface area contributed by atoms with Gasteiger partial charge in [-0.15, -0.1) is 0 Å². The Hall–Kier alpha value is -3.35. The number of carbonyl (C=O) groups excluding carboxylic acids is 3. The Morgan fingerprint density at radius 2 is 1.39 bits per heavy atom. The van der Waals surface area contributed by atoms with Gasteiger partial charge in [0.15, 0.2) is 0 Å². The molecule has 7 nitrogen and oxygen atoms in total. The number of hydrazine groups is 1. The van der Waals surface area contributed by atoms with E-state index in [0.29, 0.717) is 22.6 Å². The van der Waals surface area contributed by atoms with Crippen LogP contribution in [-0.2, 0) is 14.4 Å². The fraction of sp³-hybridized carbons (Fsp3) is 0.0625. The molecule has 0 saturated carbocycles. The maximum Gasteiger partial charge on any atom is 0.327 e. The predicted molar refractivity (Wildman–Crippen MR) is 80.3 cm³/mol. The van der Waals surface area contributed by atoms with Crippen LogP contribution < -0.4 is 21.3 Å². The molecule has 3 rings (SSSR count). The van der Waals surface area contributed by atoms with Crippen LogP contribution in [0.25, 0.3) is 0 Å². The second-order valence-corrected chi connectivity index (χ2v) is 4.92. The van der Waals surface area contributed by atoms with E-state index >= 15 is 0 Å². The van der Waals surface area contributed by atoms with Crippen molar-refractivity contribution in [2.75, 3.05) is 0 Å². The van der Waals surface area contributed by atoms with Gasteiger partial charge in [-0.05, 0) is 12.1 Å². The van der Waals surface area contributed by atoms with E-state index in [1.807, 2.05) is 5.43 Å². The van der Waals surface area contributed by atoms with Crippen molar-refractivity contribution in [3.05, 3.63) is 59.7 Å². The Morgan fingerprint density at radius 1 is 0.870 bits per heavy atom. The van der Waals surface area contributed by atoms with Crippen LogP contribution in [0.4, 0.5) is 0 Å². The number of carbonyl (C=O) groups is 3. The molecular weight excluding hydrogens is 298 g/mol. The molecular formula is C16H13N3O4. The van der Waals surface area contributed by atoms with Crippen LogP contribution in [0.1, 0.15) is 17.0 Å². The molecule has 3 amide bonds. The zero-order valence-corrected chi connectivity index (χ0v) is 11.9. The third kappa shape index (κ3) is 2.71. The van der Waals surface area contributed by atoms with Crippen LogP contribution >= 0.6 is 0 Å². The SMILES string of the molecule is NC(=O)C(=O)NNC(=O)C1c2ccccc2Oc2ccccc21. The first-order chi connectivity index (χ1) is 11.1. The monoisotopic (exact) mass is 311 g/mol. The van der Waals surface area contributed by atoms with E-state index in [1.165, 1.54) is 0 Å². The van der Waals surface area contributed by atoms with Gasteiger partial charge in [0.05, 0.1) is 5.92 Å². The zero-order valence-electron chi connectivity index (χ0n) is 11.9. The number of para-hydroxylation sites is 2. The van der Waals surface area contributed by atoms with Gasteiger partial charge in [-0.25, -0.2) is 0 Å². The number of hydrogen-bond donors (Lipinski definition) is 3. The van der Waals surface area contributed by atoms with Crippen molar-refractivity contribution < 1.29 is 19.1 Å². The summed E-state index contributed by atoms with van der Waals surface area (Å²) >= 11 is 0. The van der Waals surface area contributed by atoms with Crippen molar-refractivity contribution >= 4 is 17.7 Å². The number of hydrogen-bond acceptors (Lipinski definition) is 4. The van der Waals surface area contributed by atoms with Crippen molar-refractivity contribution in [1.29, 1.82) is 0 Å². The molecule has 0 fully saturated rings. The summed E-state index contributed by atoms with van der Waals surface area (Å²) in [4.78, 5) is 34.4. The molecule has 1 aliphatic rings. The van der Waals surface area contributed by atoms with Crippen LogP contribution in [0, 0.1) is 0 Å². The van der Waals surface area contributed by atoms with Gasteiger partial charge >= 0.3 is 11.8 Å². The summed E-state index contributed by atoms with van der Waals surface area (Å²) in [5.41, 5.74) is 10.4. The van der Waals surface area contributed by atoms with Crippen molar-refractivity contribution in [2.45, 2.75) is 5.92 Å². The molecule has 0 radical (unpaired) electrons. The number of benzene rings is 2. The van der Waals surface area contributed by atoms with Gasteiger partial charge < -0.3 is 10.5 Å². The average Bonchev–Trinajstić information content (AvgIpc) is 2.57. The van der Waals surface area contributed by atoms with Crippen molar-refractivity contribution in [3.8, 4) is 11.5 Å². The quantitative estimate of drug-likeness (QED) is 0.528. The maximum atomic E-state index is 12.5. The van der Waals surface area contributed by atoms with Gasteiger partial charge in [0.25, 0.3) is 5.91 Å². The van der Waals surface area contributed by atoms with Crippen molar-refractivity contribution in [2.24, 2.45) is 5.73 Å². The first-order valence-corrected chi connectivity index (χ1v) is 6.83. The van der Waals surface area contributed by atoms with E-state index in [0.717, 1.165) is 0 Å². The molecule has 0 aromatic heterocycles. The third-order valence-corrected chi connectivity index (χ3v) is 3.47. The molecule has 2 aromatic rings. The molecule has 0 atom stereocenters. The van der Waals surface area contributed by atoms with E-state index in [9.17, 15) is 14.4 Å². The molecule has 7 heteroatoms. The second-order valence-electron chi connectivity index (χ2n) is 4.92. The number of primary amides is 1. The number of amides is 3. The summed E-state index contributed by atoms with van der Waals surface area (Å²) in [7, 11) is 0. The van der Waals surface area contributed by atoms with E-state index in [4.69, 9.17) is 10.5 Å². The summed E-state index contributed by atoms with van der Waals surface area (Å²) in [6.45, 7) is 0. The van der Waals surface area contributed by atoms with Gasteiger partial charge in [0.1, 0.15) is 11.5 Å². The highest BCUT2D eigenvalue weighted by Gasteiger charge is 2.32. The summed E-state index contributed by atoms with van der Waals surface area (Å²) in [5.74, 6) is -2.32. The van der Waals surface area contributed by atoms with Crippen molar-refractivity contribution in [3.63, 3.8) is 0 Å². The molecule has 0 bridgehead atoms. The summed E-state index contributed by atoms with van der Waals surface area (Å²) < 4.78 is 5.78. The summed E-state index contributed by atoms with van der Waals surface area (Å²) in [6.07, 6.45) is 0. The van der Waals surface area contributed by atoms with E-state index in [-0.39, 0.29) is 0 Å². The van der Waals surface area contributed by atoms with Gasteiger partial charge in [-0.2, -0.15) is 0 Å². The van der Waals surface area contributed by atoms with Crippen LogP contribution in [0.3, 0.4) is 0 Å².